The summed E-state index contributed by atoms with van der Waals surface area (Å²) in [4.78, 5) is 4.96. The molecule has 0 aliphatic heterocycles. The molecular weight excluding hydrogens is 372 g/mol. The summed E-state index contributed by atoms with van der Waals surface area (Å²) in [7, 11) is 1.65. The number of methoxy groups -OCH3 is 1. The van der Waals surface area contributed by atoms with Crippen LogP contribution in [0.2, 0.25) is 0 Å². The number of hydrogen-bond acceptors (Lipinski definition) is 4. The number of aromatic nitrogens is 3. The molecule has 5 rings (SSSR count). The fraction of sp³-hybridized carbons (Fsp3) is 0.0400. The summed E-state index contributed by atoms with van der Waals surface area (Å²) in [5.74, 6) is 1.23. The number of anilines is 1. The zero-order valence-electron chi connectivity index (χ0n) is 16.5. The van der Waals surface area contributed by atoms with E-state index in [0.717, 1.165) is 45.0 Å². The van der Waals surface area contributed by atoms with E-state index in [1.807, 2.05) is 65.2 Å². The van der Waals surface area contributed by atoms with Gasteiger partial charge in [-0.2, -0.15) is 0 Å². The molecule has 0 spiro atoms. The van der Waals surface area contributed by atoms with Crippen LogP contribution in [0.4, 0.5) is 5.82 Å². The molecule has 2 heterocycles. The van der Waals surface area contributed by atoms with E-state index in [4.69, 9.17) is 15.5 Å². The Balaban J connectivity index is 1.81. The van der Waals surface area contributed by atoms with Crippen molar-refractivity contribution in [1.29, 1.82) is 0 Å². The first-order valence-electron chi connectivity index (χ1n) is 9.69. The van der Waals surface area contributed by atoms with Crippen LogP contribution in [0.1, 0.15) is 0 Å². The Morgan fingerprint density at radius 2 is 1.40 bits per heavy atom. The van der Waals surface area contributed by atoms with Crippen LogP contribution in [0.3, 0.4) is 0 Å². The smallest absolute Gasteiger partial charge is 0.166 e. The Morgan fingerprint density at radius 1 is 0.767 bits per heavy atom. The summed E-state index contributed by atoms with van der Waals surface area (Å²) >= 11 is 0. The molecule has 0 unspecified atom stereocenters. The Morgan fingerprint density at radius 3 is 2.03 bits per heavy atom. The van der Waals surface area contributed by atoms with Crippen molar-refractivity contribution in [3.05, 3.63) is 91.0 Å². The Bertz CT molecular complexity index is 1310. The van der Waals surface area contributed by atoms with Crippen LogP contribution in [0.15, 0.2) is 91.0 Å². The molecular formula is C25H20N4O. The van der Waals surface area contributed by atoms with Crippen LogP contribution in [-0.4, -0.2) is 21.7 Å². The third-order valence-electron chi connectivity index (χ3n) is 5.13. The van der Waals surface area contributed by atoms with E-state index in [0.29, 0.717) is 5.82 Å². The molecule has 2 aromatic heterocycles. The maximum atomic E-state index is 6.39. The predicted molar refractivity (Wildman–Crippen MR) is 120 cm³/mol. The minimum atomic E-state index is 0.440. The van der Waals surface area contributed by atoms with Crippen molar-refractivity contribution in [3.63, 3.8) is 0 Å². The number of nitrogens with two attached hydrogens (primary N) is 1. The summed E-state index contributed by atoms with van der Waals surface area (Å²) in [6.45, 7) is 0. The second-order valence-corrected chi connectivity index (χ2v) is 6.98. The third kappa shape index (κ3) is 3.06. The molecule has 0 aliphatic carbocycles. The number of benzene rings is 3. The minimum absolute atomic E-state index is 0.440. The van der Waals surface area contributed by atoms with Crippen LogP contribution >= 0.6 is 0 Å². The van der Waals surface area contributed by atoms with E-state index in [2.05, 4.69) is 35.4 Å². The van der Waals surface area contributed by atoms with E-state index in [9.17, 15) is 0 Å². The maximum Gasteiger partial charge on any atom is 0.166 e. The molecule has 0 saturated carbocycles. The van der Waals surface area contributed by atoms with Crippen LogP contribution in [0.5, 0.6) is 5.75 Å². The summed E-state index contributed by atoms with van der Waals surface area (Å²) < 4.78 is 7.12. The fourth-order valence-electron chi connectivity index (χ4n) is 3.64. The van der Waals surface area contributed by atoms with Gasteiger partial charge in [-0.25, -0.2) is 9.50 Å². The standard InChI is InChI=1S/C25H20N4O/c1-30-20-14-12-19(13-15-20)23-24(26)28-29-22(18-10-6-3-7-11-18)16-21(27-25(23)29)17-8-4-2-5-9-17/h2-16H,1H3,(H2,26,28). The van der Waals surface area contributed by atoms with Gasteiger partial charge in [0.1, 0.15) is 5.75 Å². The normalized spacial score (nSPS) is 11.0. The lowest BCUT2D eigenvalue weighted by Gasteiger charge is -2.10. The quantitative estimate of drug-likeness (QED) is 0.449. The van der Waals surface area contributed by atoms with Gasteiger partial charge in [0.25, 0.3) is 0 Å². The number of fused-ring (bicyclic) bond motifs is 1. The predicted octanol–water partition coefficient (Wildman–Crippen LogP) is 5.32. The number of nitrogens with zero attached hydrogens (tertiary/aromatic N) is 3. The highest BCUT2D eigenvalue weighted by Crippen LogP contribution is 2.35. The van der Waals surface area contributed by atoms with Gasteiger partial charge in [-0.05, 0) is 23.8 Å². The van der Waals surface area contributed by atoms with Crippen molar-refractivity contribution in [3.8, 4) is 39.4 Å². The van der Waals surface area contributed by atoms with E-state index >= 15 is 0 Å². The number of nitrogen functional groups attached to an aromatic ring is 1. The van der Waals surface area contributed by atoms with Gasteiger partial charge in [0, 0.05) is 11.1 Å². The van der Waals surface area contributed by atoms with E-state index < -0.39 is 0 Å². The molecule has 0 atom stereocenters. The van der Waals surface area contributed by atoms with Gasteiger partial charge in [0.05, 0.1) is 24.1 Å². The van der Waals surface area contributed by atoms with Crippen LogP contribution < -0.4 is 10.5 Å². The van der Waals surface area contributed by atoms with E-state index in [1.54, 1.807) is 7.11 Å². The van der Waals surface area contributed by atoms with Crippen molar-refractivity contribution in [2.24, 2.45) is 0 Å². The maximum absolute atomic E-state index is 6.39. The monoisotopic (exact) mass is 392 g/mol. The van der Waals surface area contributed by atoms with Crippen molar-refractivity contribution in [2.45, 2.75) is 0 Å². The average molecular weight is 392 g/mol. The van der Waals surface area contributed by atoms with Crippen LogP contribution in [0, 0.1) is 0 Å². The van der Waals surface area contributed by atoms with Gasteiger partial charge in [0.2, 0.25) is 0 Å². The molecule has 3 aromatic carbocycles. The zero-order chi connectivity index (χ0) is 20.5. The highest BCUT2D eigenvalue weighted by molar-refractivity contribution is 5.89. The first kappa shape index (κ1) is 17.9. The molecule has 5 nitrogen and oxygen atoms in total. The van der Waals surface area contributed by atoms with E-state index in [1.165, 1.54) is 0 Å². The van der Waals surface area contributed by atoms with Crippen molar-refractivity contribution < 1.29 is 4.74 Å². The summed E-state index contributed by atoms with van der Waals surface area (Å²) in [6.07, 6.45) is 0. The van der Waals surface area contributed by atoms with Crippen molar-refractivity contribution in [1.82, 2.24) is 14.6 Å². The molecule has 2 N–H and O–H groups in total. The van der Waals surface area contributed by atoms with Crippen LogP contribution in [0.25, 0.3) is 39.3 Å². The first-order chi connectivity index (χ1) is 14.7. The van der Waals surface area contributed by atoms with Gasteiger partial charge in [0.15, 0.2) is 11.5 Å². The zero-order valence-corrected chi connectivity index (χ0v) is 16.5. The fourth-order valence-corrected chi connectivity index (χ4v) is 3.64. The highest BCUT2D eigenvalue weighted by atomic mass is 16.5. The van der Waals surface area contributed by atoms with Gasteiger partial charge in [-0.1, -0.05) is 72.8 Å². The topological polar surface area (TPSA) is 65.4 Å². The van der Waals surface area contributed by atoms with Gasteiger partial charge >= 0.3 is 0 Å². The SMILES string of the molecule is COc1ccc(-c2c(N)nn3c(-c4ccccc4)cc(-c4ccccc4)nc23)cc1. The summed E-state index contributed by atoms with van der Waals surface area (Å²) in [5, 5.41) is 4.64. The molecule has 146 valence electrons. The summed E-state index contributed by atoms with van der Waals surface area (Å²) in [5.41, 5.74) is 12.8. The number of rotatable bonds is 4. The second-order valence-electron chi connectivity index (χ2n) is 6.98. The first-order valence-corrected chi connectivity index (χ1v) is 9.69. The molecule has 30 heavy (non-hydrogen) atoms. The lowest BCUT2D eigenvalue weighted by molar-refractivity contribution is 0.415. The average Bonchev–Trinajstić information content (AvgIpc) is 3.15. The lowest BCUT2D eigenvalue weighted by atomic mass is 10.1. The van der Waals surface area contributed by atoms with Crippen molar-refractivity contribution in [2.75, 3.05) is 12.8 Å². The van der Waals surface area contributed by atoms with Gasteiger partial charge in [-0.3, -0.25) is 0 Å². The molecule has 5 aromatic rings. The van der Waals surface area contributed by atoms with Gasteiger partial charge < -0.3 is 10.5 Å². The van der Waals surface area contributed by atoms with E-state index in [-0.39, 0.29) is 0 Å². The second kappa shape index (κ2) is 7.37. The molecule has 0 amide bonds. The molecule has 0 radical (unpaired) electrons. The summed E-state index contributed by atoms with van der Waals surface area (Å²) in [6, 6.07) is 30.1. The Hall–Kier alpha value is -4.12. The van der Waals surface area contributed by atoms with Crippen molar-refractivity contribution >= 4 is 11.5 Å². The lowest BCUT2D eigenvalue weighted by Crippen LogP contribution is -1.99. The molecule has 0 saturated heterocycles. The molecule has 5 heteroatoms. The minimum Gasteiger partial charge on any atom is -0.497 e. The van der Waals surface area contributed by atoms with Crippen LogP contribution in [-0.2, 0) is 0 Å². The van der Waals surface area contributed by atoms with Gasteiger partial charge in [-0.15, -0.1) is 5.10 Å². The highest BCUT2D eigenvalue weighted by Gasteiger charge is 2.19. The molecule has 0 bridgehead atoms. The largest absolute Gasteiger partial charge is 0.497 e. The number of hydrogen-bond donors (Lipinski definition) is 1. The Kier molecular flexibility index (Phi) is 4.41. The third-order valence-corrected chi connectivity index (χ3v) is 5.13. The molecule has 0 aliphatic rings. The molecule has 0 fully saturated rings. The number of ether oxygens (including phenoxy) is 1. The Labute approximate surface area is 174 Å².